The molecule has 6 N–H and O–H groups in total. The number of fused-ring (bicyclic) bond motifs is 2. The summed E-state index contributed by atoms with van der Waals surface area (Å²) >= 11 is 1.27. The number of aliphatic imine (C=N–C) groups is 1. The molecule has 0 fully saturated rings. The highest BCUT2D eigenvalue weighted by Crippen LogP contribution is 2.42. The van der Waals surface area contributed by atoms with Gasteiger partial charge in [-0.3, -0.25) is 5.32 Å². The number of nitrogen functional groups attached to an aromatic ring is 2. The van der Waals surface area contributed by atoms with E-state index in [9.17, 15) is 5.26 Å². The fourth-order valence-corrected chi connectivity index (χ4v) is 3.87. The molecule has 0 bridgehead atoms. The summed E-state index contributed by atoms with van der Waals surface area (Å²) < 4.78 is 15.7. The van der Waals surface area contributed by atoms with Gasteiger partial charge >= 0.3 is 0 Å². The van der Waals surface area contributed by atoms with E-state index < -0.39 is 11.9 Å². The van der Waals surface area contributed by atoms with Crippen molar-refractivity contribution < 1.29 is 4.39 Å². The van der Waals surface area contributed by atoms with Crippen LogP contribution in [0.25, 0.3) is 10.1 Å². The third kappa shape index (κ3) is 2.47. The molecule has 1 unspecified atom stereocenters. The Bertz CT molecular complexity index is 1200. The van der Waals surface area contributed by atoms with Crippen molar-refractivity contribution in [3.63, 3.8) is 0 Å². The number of pyridine rings is 1. The van der Waals surface area contributed by atoms with Crippen molar-refractivity contribution in [2.75, 3.05) is 16.8 Å². The number of hydrogen-bond acceptors (Lipinski definition) is 9. The van der Waals surface area contributed by atoms with Crippen molar-refractivity contribution >= 4 is 44.7 Å². The quantitative estimate of drug-likeness (QED) is 0.375. The lowest BCUT2D eigenvalue weighted by Crippen LogP contribution is -2.33. The molecule has 132 valence electrons. The minimum Gasteiger partial charge on any atom is -0.397 e. The number of rotatable bonds is 1. The first-order valence-electron chi connectivity index (χ1n) is 7.69. The monoisotopic (exact) mass is 378 g/mol. The second-order valence-corrected chi connectivity index (χ2v) is 6.63. The molecule has 0 spiro atoms. The van der Waals surface area contributed by atoms with Crippen molar-refractivity contribution in [3.8, 4) is 12.3 Å². The highest BCUT2D eigenvalue weighted by atomic mass is 32.1. The third-order valence-electron chi connectivity index (χ3n) is 4.24. The summed E-state index contributed by atoms with van der Waals surface area (Å²) in [6.07, 6.45) is 1.75. The Morgan fingerprint density at radius 2 is 2.07 bits per heavy atom. The first kappa shape index (κ1) is 16.6. The van der Waals surface area contributed by atoms with Gasteiger partial charge in [0.05, 0.1) is 10.4 Å². The standard InChI is InChI=1S/C17H11FN8S/c18-11-8(2-1-7-3-4-27-14(7)11)13-10-12(21)9(5-19)15(22)25-16(10)26-17(24-13)23-6-20/h1-4,13H,(H6,21,22,23,24,25,26). The number of halogens is 1. The molecule has 0 radical (unpaired) electrons. The van der Waals surface area contributed by atoms with E-state index in [1.807, 2.05) is 12.1 Å². The number of benzene rings is 1. The van der Waals surface area contributed by atoms with E-state index in [2.05, 4.69) is 20.6 Å². The molecule has 0 amide bonds. The molecular weight excluding hydrogens is 367 g/mol. The van der Waals surface area contributed by atoms with Gasteiger partial charge in [-0.05, 0) is 16.8 Å². The van der Waals surface area contributed by atoms with Gasteiger partial charge in [0.25, 0.3) is 0 Å². The second-order valence-electron chi connectivity index (χ2n) is 5.71. The molecule has 1 aliphatic rings. The maximum absolute atomic E-state index is 15.2. The minimum absolute atomic E-state index is 0.00468. The summed E-state index contributed by atoms with van der Waals surface area (Å²) in [7, 11) is 0. The maximum Gasteiger partial charge on any atom is 0.211 e. The van der Waals surface area contributed by atoms with Crippen LogP contribution in [0.5, 0.6) is 0 Å². The lowest BCUT2D eigenvalue weighted by Gasteiger charge is -2.26. The molecule has 0 saturated heterocycles. The Labute approximate surface area is 156 Å². The first-order chi connectivity index (χ1) is 13.0. The van der Waals surface area contributed by atoms with Gasteiger partial charge in [0.15, 0.2) is 6.19 Å². The molecular formula is C17H11FN8S. The molecule has 1 atom stereocenters. The van der Waals surface area contributed by atoms with E-state index >= 15 is 4.39 Å². The number of nitrogens with zero attached hydrogens (tertiary/aromatic N) is 4. The average Bonchev–Trinajstić information content (AvgIpc) is 3.11. The van der Waals surface area contributed by atoms with Crippen molar-refractivity contribution in [3.05, 3.63) is 46.1 Å². The summed E-state index contributed by atoms with van der Waals surface area (Å²) in [4.78, 5) is 8.52. The zero-order valence-electron chi connectivity index (χ0n) is 13.6. The number of nitrogens with two attached hydrogens (primary N) is 2. The number of hydrogen-bond donors (Lipinski definition) is 4. The second kappa shape index (κ2) is 6.12. The summed E-state index contributed by atoms with van der Waals surface area (Å²) in [6, 6.07) is 6.23. The van der Waals surface area contributed by atoms with Crippen LogP contribution in [0.3, 0.4) is 0 Å². The molecule has 2 aromatic heterocycles. The Balaban J connectivity index is 2.00. The lowest BCUT2D eigenvalue weighted by atomic mass is 9.94. The van der Waals surface area contributed by atoms with Crippen LogP contribution < -0.4 is 22.1 Å². The van der Waals surface area contributed by atoms with Gasteiger partial charge in [-0.15, -0.1) is 11.3 Å². The number of guanidine groups is 1. The Hall–Kier alpha value is -3.89. The highest BCUT2D eigenvalue weighted by Gasteiger charge is 2.31. The van der Waals surface area contributed by atoms with Gasteiger partial charge < -0.3 is 16.8 Å². The van der Waals surface area contributed by atoms with Crippen LogP contribution in [0.1, 0.15) is 22.7 Å². The van der Waals surface area contributed by atoms with E-state index in [0.29, 0.717) is 10.3 Å². The van der Waals surface area contributed by atoms with Crippen LogP contribution >= 0.6 is 11.3 Å². The fraction of sp³-hybridized carbons (Fsp3) is 0.0588. The lowest BCUT2D eigenvalue weighted by molar-refractivity contribution is 0.612. The zero-order chi connectivity index (χ0) is 19.1. The maximum atomic E-state index is 15.2. The van der Waals surface area contributed by atoms with E-state index in [1.165, 1.54) is 11.3 Å². The number of thiophene rings is 1. The van der Waals surface area contributed by atoms with Crippen molar-refractivity contribution in [1.82, 2.24) is 10.3 Å². The van der Waals surface area contributed by atoms with Crippen molar-refractivity contribution in [2.45, 2.75) is 6.04 Å². The largest absolute Gasteiger partial charge is 0.397 e. The topological polar surface area (TPSA) is 149 Å². The number of anilines is 3. The molecule has 10 heteroatoms. The SMILES string of the molecule is N#CNC1=NC(c2ccc3ccsc3c2F)c2c(nc(N)c(C#N)c2N)N1. The van der Waals surface area contributed by atoms with Crippen LogP contribution in [0.4, 0.5) is 21.7 Å². The fourth-order valence-electron chi connectivity index (χ4n) is 3.03. The van der Waals surface area contributed by atoms with Crippen LogP contribution in [-0.4, -0.2) is 10.9 Å². The predicted octanol–water partition coefficient (Wildman–Crippen LogP) is 2.41. The highest BCUT2D eigenvalue weighted by molar-refractivity contribution is 7.17. The molecule has 27 heavy (non-hydrogen) atoms. The van der Waals surface area contributed by atoms with Gasteiger partial charge in [0.1, 0.15) is 35.1 Å². The van der Waals surface area contributed by atoms with E-state index in [0.717, 1.165) is 5.39 Å². The molecule has 4 rings (SSSR count). The molecule has 1 aliphatic heterocycles. The zero-order valence-corrected chi connectivity index (χ0v) is 14.4. The first-order valence-corrected chi connectivity index (χ1v) is 8.57. The van der Waals surface area contributed by atoms with E-state index in [1.54, 1.807) is 23.7 Å². The van der Waals surface area contributed by atoms with Gasteiger partial charge in [0.2, 0.25) is 5.96 Å². The summed E-state index contributed by atoms with van der Waals surface area (Å²) in [6.45, 7) is 0. The Morgan fingerprint density at radius 3 is 2.81 bits per heavy atom. The number of aromatic nitrogens is 1. The molecule has 3 heterocycles. The molecule has 0 aliphatic carbocycles. The van der Waals surface area contributed by atoms with Gasteiger partial charge in [0, 0.05) is 11.1 Å². The minimum atomic E-state index is -0.899. The van der Waals surface area contributed by atoms with E-state index in [4.69, 9.17) is 16.7 Å². The molecule has 0 saturated carbocycles. The average molecular weight is 378 g/mol. The molecule has 1 aromatic carbocycles. The number of nitrogens with one attached hydrogen (secondary N) is 2. The van der Waals surface area contributed by atoms with Crippen LogP contribution in [-0.2, 0) is 0 Å². The number of nitriles is 2. The van der Waals surface area contributed by atoms with Crippen molar-refractivity contribution in [1.29, 1.82) is 10.5 Å². The smallest absolute Gasteiger partial charge is 0.211 e. The van der Waals surface area contributed by atoms with Crippen LogP contribution in [0.15, 0.2) is 28.6 Å². The normalized spacial score (nSPS) is 15.2. The predicted molar refractivity (Wildman–Crippen MR) is 101 cm³/mol. The Morgan fingerprint density at radius 1 is 1.26 bits per heavy atom. The third-order valence-corrected chi connectivity index (χ3v) is 5.17. The Kier molecular flexibility index (Phi) is 3.76. The summed E-state index contributed by atoms with van der Waals surface area (Å²) in [5, 5.41) is 26.0. The van der Waals surface area contributed by atoms with Crippen LogP contribution in [0, 0.1) is 28.6 Å². The van der Waals surface area contributed by atoms with Crippen LogP contribution in [0.2, 0.25) is 0 Å². The van der Waals surface area contributed by atoms with Gasteiger partial charge in [-0.2, -0.15) is 10.5 Å². The van der Waals surface area contributed by atoms with Gasteiger partial charge in [-0.1, -0.05) is 12.1 Å². The summed E-state index contributed by atoms with van der Waals surface area (Å²) in [5.41, 5.74) is 12.6. The molecule has 8 nitrogen and oxygen atoms in total. The van der Waals surface area contributed by atoms with Gasteiger partial charge in [-0.25, -0.2) is 14.4 Å². The van der Waals surface area contributed by atoms with Crippen molar-refractivity contribution in [2.24, 2.45) is 4.99 Å². The molecule has 3 aromatic rings. The summed E-state index contributed by atoms with van der Waals surface area (Å²) in [5.74, 6) is -0.202. The van der Waals surface area contributed by atoms with E-state index in [-0.39, 0.29) is 34.4 Å².